The van der Waals surface area contributed by atoms with Crippen LogP contribution in [0.5, 0.6) is 5.75 Å². The van der Waals surface area contributed by atoms with Crippen molar-refractivity contribution in [2.75, 3.05) is 7.11 Å². The maximum atomic E-state index is 12.6. The van der Waals surface area contributed by atoms with Crippen molar-refractivity contribution in [2.24, 2.45) is 5.92 Å². The fourth-order valence-corrected chi connectivity index (χ4v) is 2.38. The Hall–Kier alpha value is -2.74. The fraction of sp³-hybridized carbons (Fsp3) is 0.368. The highest BCUT2D eigenvalue weighted by Crippen LogP contribution is 2.29. The van der Waals surface area contributed by atoms with Crippen LogP contribution in [0, 0.1) is 17.2 Å². The summed E-state index contributed by atoms with van der Waals surface area (Å²) in [5.41, 5.74) is 2.39. The second kappa shape index (κ2) is 7.69. The van der Waals surface area contributed by atoms with E-state index in [1.54, 1.807) is 31.5 Å². The molecule has 0 radical (unpaired) electrons. The van der Waals surface area contributed by atoms with E-state index < -0.39 is 0 Å². The van der Waals surface area contributed by atoms with E-state index in [-0.39, 0.29) is 11.7 Å². The number of methoxy groups -OCH3 is 1. The van der Waals surface area contributed by atoms with E-state index in [1.165, 1.54) is 0 Å². The number of hydrogen-bond donors (Lipinski definition) is 0. The molecule has 5 heteroatoms. The van der Waals surface area contributed by atoms with Gasteiger partial charge in [0.2, 0.25) is 0 Å². The number of ketones is 1. The molecule has 0 spiro atoms. The van der Waals surface area contributed by atoms with Gasteiger partial charge in [-0.1, -0.05) is 20.8 Å². The van der Waals surface area contributed by atoms with Crippen LogP contribution >= 0.6 is 0 Å². The molecular formula is C19H21N3O2. The number of ether oxygens (including phenoxy) is 1. The highest BCUT2D eigenvalue weighted by Gasteiger charge is 2.20. The van der Waals surface area contributed by atoms with Gasteiger partial charge in [-0.3, -0.25) is 4.79 Å². The summed E-state index contributed by atoms with van der Waals surface area (Å²) < 4.78 is 5.35. The molecule has 0 amide bonds. The number of carbonyl (C=O) groups is 1. The number of hydrogen-bond acceptors (Lipinski definition) is 5. The molecule has 5 nitrogen and oxygen atoms in total. The van der Waals surface area contributed by atoms with Crippen molar-refractivity contribution in [1.29, 1.82) is 5.26 Å². The smallest absolute Gasteiger partial charge is 0.184 e. The molecule has 0 saturated heterocycles. The number of nitriles is 1. The van der Waals surface area contributed by atoms with Crippen LogP contribution in [0.2, 0.25) is 0 Å². The third-order valence-electron chi connectivity index (χ3n) is 4.11. The normalized spacial score (nSPS) is 11.6. The highest BCUT2D eigenvalue weighted by atomic mass is 16.5. The van der Waals surface area contributed by atoms with Gasteiger partial charge in [-0.2, -0.15) is 5.26 Å². The van der Waals surface area contributed by atoms with Crippen LogP contribution in [0.25, 0.3) is 11.4 Å². The van der Waals surface area contributed by atoms with E-state index in [2.05, 4.69) is 16.0 Å². The van der Waals surface area contributed by atoms with Crippen molar-refractivity contribution < 1.29 is 9.53 Å². The summed E-state index contributed by atoms with van der Waals surface area (Å²) in [4.78, 5) is 21.5. The molecule has 1 aromatic heterocycles. The molecule has 0 aliphatic heterocycles. The molecule has 2 aromatic rings. The fourth-order valence-electron chi connectivity index (χ4n) is 2.38. The van der Waals surface area contributed by atoms with Crippen molar-refractivity contribution in [3.63, 3.8) is 0 Å². The van der Waals surface area contributed by atoms with Gasteiger partial charge in [0.15, 0.2) is 11.6 Å². The molecule has 1 unspecified atom stereocenters. The molecule has 0 N–H and O–H groups in total. The molecule has 0 saturated carbocycles. The molecule has 124 valence electrons. The first kappa shape index (κ1) is 17.6. The Balaban J connectivity index is 2.61. The third-order valence-corrected chi connectivity index (χ3v) is 4.11. The van der Waals surface area contributed by atoms with Crippen LogP contribution in [0.3, 0.4) is 0 Å². The lowest BCUT2D eigenvalue weighted by atomic mass is 9.97. The minimum absolute atomic E-state index is 0.0217. The number of aromatic nitrogens is 2. The van der Waals surface area contributed by atoms with Crippen LogP contribution in [0.4, 0.5) is 0 Å². The average molecular weight is 323 g/mol. The first-order valence-electron chi connectivity index (χ1n) is 8.04. The SMILES string of the molecule is CCc1cnc(-c2cc(C#N)ccc2OC)nc1C(=O)C(C)CC. The van der Waals surface area contributed by atoms with E-state index in [1.807, 2.05) is 20.8 Å². The molecule has 0 fully saturated rings. The van der Waals surface area contributed by atoms with Crippen molar-refractivity contribution in [2.45, 2.75) is 33.6 Å². The van der Waals surface area contributed by atoms with Gasteiger partial charge in [0.1, 0.15) is 11.4 Å². The van der Waals surface area contributed by atoms with Crippen LogP contribution in [0.1, 0.15) is 48.8 Å². The number of carbonyl (C=O) groups excluding carboxylic acids is 1. The van der Waals surface area contributed by atoms with Gasteiger partial charge in [0, 0.05) is 12.1 Å². The third kappa shape index (κ3) is 3.43. The van der Waals surface area contributed by atoms with Crippen LogP contribution in [0.15, 0.2) is 24.4 Å². The summed E-state index contributed by atoms with van der Waals surface area (Å²) in [6, 6.07) is 7.16. The van der Waals surface area contributed by atoms with Gasteiger partial charge in [-0.05, 0) is 36.6 Å². The van der Waals surface area contributed by atoms with Crippen molar-refractivity contribution in [3.05, 3.63) is 41.2 Å². The number of rotatable bonds is 6. The predicted molar refractivity (Wildman–Crippen MR) is 91.9 cm³/mol. The maximum absolute atomic E-state index is 12.6. The second-order valence-corrected chi connectivity index (χ2v) is 5.62. The number of Topliss-reactive ketones (excluding diaryl/α,β-unsaturated/α-hetero) is 1. The summed E-state index contributed by atoms with van der Waals surface area (Å²) in [5.74, 6) is 0.895. The second-order valence-electron chi connectivity index (χ2n) is 5.62. The van der Waals surface area contributed by atoms with Gasteiger partial charge >= 0.3 is 0 Å². The zero-order valence-electron chi connectivity index (χ0n) is 14.5. The monoisotopic (exact) mass is 323 g/mol. The Morgan fingerprint density at radius 3 is 2.71 bits per heavy atom. The average Bonchev–Trinajstić information content (AvgIpc) is 2.65. The molecule has 24 heavy (non-hydrogen) atoms. The summed E-state index contributed by atoms with van der Waals surface area (Å²) in [6.07, 6.45) is 3.14. The number of benzene rings is 1. The Labute approximate surface area is 142 Å². The standard InChI is InChI=1S/C19H21N3O2/c1-5-12(3)18(23)17-14(6-2)11-21-19(22-17)15-9-13(10-20)7-8-16(15)24-4/h7-9,11-12H,5-6H2,1-4H3. The molecule has 2 rings (SSSR count). The van der Waals surface area contributed by atoms with Crippen LogP contribution in [-0.4, -0.2) is 22.9 Å². The van der Waals surface area contributed by atoms with Crippen LogP contribution in [-0.2, 0) is 6.42 Å². The zero-order chi connectivity index (χ0) is 17.7. The topological polar surface area (TPSA) is 75.9 Å². The van der Waals surface area contributed by atoms with Crippen LogP contribution < -0.4 is 4.74 Å². The first-order valence-corrected chi connectivity index (χ1v) is 8.04. The highest BCUT2D eigenvalue weighted by molar-refractivity contribution is 5.97. The van der Waals surface area contributed by atoms with Crippen molar-refractivity contribution in [3.8, 4) is 23.2 Å². The Bertz CT molecular complexity index is 794. The van der Waals surface area contributed by atoms with Crippen molar-refractivity contribution >= 4 is 5.78 Å². The van der Waals surface area contributed by atoms with Gasteiger partial charge < -0.3 is 4.74 Å². The van der Waals surface area contributed by atoms with Gasteiger partial charge in [0.05, 0.1) is 24.3 Å². The number of aryl methyl sites for hydroxylation is 1. The molecule has 0 bridgehead atoms. The molecule has 1 aromatic carbocycles. The van der Waals surface area contributed by atoms with Gasteiger partial charge in [-0.15, -0.1) is 0 Å². The van der Waals surface area contributed by atoms with E-state index in [0.29, 0.717) is 34.8 Å². The Kier molecular flexibility index (Phi) is 5.64. The Morgan fingerprint density at radius 2 is 2.12 bits per heavy atom. The molecular weight excluding hydrogens is 302 g/mol. The molecule has 0 aliphatic carbocycles. The van der Waals surface area contributed by atoms with E-state index in [9.17, 15) is 4.79 Å². The summed E-state index contributed by atoms with van der Waals surface area (Å²) in [6.45, 7) is 5.86. The lowest BCUT2D eigenvalue weighted by molar-refractivity contribution is 0.0921. The zero-order valence-corrected chi connectivity index (χ0v) is 14.5. The molecule has 1 atom stereocenters. The quantitative estimate of drug-likeness (QED) is 0.755. The minimum atomic E-state index is -0.0922. The van der Waals surface area contributed by atoms with Gasteiger partial charge in [0.25, 0.3) is 0 Å². The number of nitrogens with zero attached hydrogens (tertiary/aromatic N) is 3. The summed E-state index contributed by atoms with van der Waals surface area (Å²) >= 11 is 0. The van der Waals surface area contributed by atoms with Crippen molar-refractivity contribution in [1.82, 2.24) is 9.97 Å². The molecule has 1 heterocycles. The lowest BCUT2D eigenvalue weighted by Crippen LogP contribution is -2.16. The maximum Gasteiger partial charge on any atom is 0.184 e. The van der Waals surface area contributed by atoms with E-state index in [0.717, 1.165) is 12.0 Å². The first-order chi connectivity index (χ1) is 11.5. The Morgan fingerprint density at radius 1 is 1.38 bits per heavy atom. The summed E-state index contributed by atoms with van der Waals surface area (Å²) in [7, 11) is 1.55. The molecule has 0 aliphatic rings. The predicted octanol–water partition coefficient (Wildman–Crippen LogP) is 3.82. The van der Waals surface area contributed by atoms with Gasteiger partial charge in [-0.25, -0.2) is 9.97 Å². The van der Waals surface area contributed by atoms with E-state index in [4.69, 9.17) is 10.00 Å². The largest absolute Gasteiger partial charge is 0.496 e. The lowest BCUT2D eigenvalue weighted by Gasteiger charge is -2.13. The summed E-state index contributed by atoms with van der Waals surface area (Å²) in [5, 5.41) is 9.12. The van der Waals surface area contributed by atoms with E-state index >= 15 is 0 Å². The minimum Gasteiger partial charge on any atom is -0.496 e.